The molecular weight excluding hydrogens is 277 g/mol. The molecule has 20 heavy (non-hydrogen) atoms. The molecule has 2 rings (SSSR count). The Morgan fingerprint density at radius 3 is 2.20 bits per heavy atom. The number of halogens is 1. The van der Waals surface area contributed by atoms with Crippen LogP contribution in [0.4, 0.5) is 10.1 Å². The van der Waals surface area contributed by atoms with E-state index in [1.165, 1.54) is 46.8 Å². The Bertz CT molecular complexity index is 682. The fourth-order valence-corrected chi connectivity index (χ4v) is 3.24. The van der Waals surface area contributed by atoms with Crippen LogP contribution in [-0.4, -0.2) is 15.0 Å². The average Bonchev–Trinajstić information content (AvgIpc) is 2.47. The lowest BCUT2D eigenvalue weighted by Crippen LogP contribution is -2.31. The van der Waals surface area contributed by atoms with E-state index in [-0.39, 0.29) is 11.4 Å². The monoisotopic (exact) mass is 291 g/mol. The van der Waals surface area contributed by atoms with Crippen LogP contribution in [0, 0.1) is 5.82 Å². The van der Waals surface area contributed by atoms with Crippen molar-refractivity contribution in [1.82, 2.24) is 0 Å². The van der Waals surface area contributed by atoms with Gasteiger partial charge in [-0.2, -0.15) is 0 Å². The Morgan fingerprint density at radius 1 is 1.05 bits per heavy atom. The van der Waals surface area contributed by atoms with Crippen LogP contribution in [0.5, 0.6) is 0 Å². The van der Waals surface area contributed by atoms with Crippen LogP contribution >= 0.6 is 0 Å². The maximum Gasteiger partial charge on any atom is 0.264 e. The first-order chi connectivity index (χ1) is 9.55. The highest BCUT2D eigenvalue weighted by Crippen LogP contribution is 2.23. The predicted octanol–water partition coefficient (Wildman–Crippen LogP) is 3.21. The van der Waals surface area contributed by atoms with Gasteiger partial charge in [0.2, 0.25) is 0 Å². The van der Waals surface area contributed by atoms with E-state index in [0.29, 0.717) is 5.69 Å². The fraction of sp³-hybridized carbons (Fsp3) is 0.0667. The second-order valence-corrected chi connectivity index (χ2v) is 5.98. The zero-order valence-corrected chi connectivity index (χ0v) is 11.6. The molecule has 0 bridgehead atoms. The second-order valence-electron chi connectivity index (χ2n) is 4.11. The van der Waals surface area contributed by atoms with Crippen molar-refractivity contribution in [2.24, 2.45) is 0 Å². The number of benzene rings is 2. The van der Waals surface area contributed by atoms with Gasteiger partial charge in [0.25, 0.3) is 10.0 Å². The minimum absolute atomic E-state index is 0.114. The van der Waals surface area contributed by atoms with Crippen LogP contribution in [0.15, 0.2) is 72.1 Å². The molecule has 0 aliphatic carbocycles. The molecule has 2 aromatic rings. The molecule has 0 amide bonds. The first kappa shape index (κ1) is 14.3. The molecule has 2 aromatic carbocycles. The Kier molecular flexibility index (Phi) is 4.20. The Morgan fingerprint density at radius 2 is 1.65 bits per heavy atom. The molecule has 5 heteroatoms. The summed E-state index contributed by atoms with van der Waals surface area (Å²) in [5, 5.41) is 0. The normalized spacial score (nSPS) is 11.1. The highest BCUT2D eigenvalue weighted by Gasteiger charge is 2.23. The number of hydrogen-bond donors (Lipinski definition) is 0. The van der Waals surface area contributed by atoms with Gasteiger partial charge in [0.1, 0.15) is 5.82 Å². The quantitative estimate of drug-likeness (QED) is 0.793. The summed E-state index contributed by atoms with van der Waals surface area (Å²) in [4.78, 5) is 0.186. The van der Waals surface area contributed by atoms with Crippen molar-refractivity contribution >= 4 is 15.7 Å². The third-order valence-electron chi connectivity index (χ3n) is 2.74. The second kappa shape index (κ2) is 5.88. The molecule has 0 fully saturated rings. The third-order valence-corrected chi connectivity index (χ3v) is 4.55. The number of sulfonamides is 1. The summed E-state index contributed by atoms with van der Waals surface area (Å²) in [6.45, 7) is 3.68. The fourth-order valence-electron chi connectivity index (χ4n) is 1.79. The van der Waals surface area contributed by atoms with Gasteiger partial charge in [0, 0.05) is 0 Å². The smallest absolute Gasteiger partial charge is 0.263 e. The lowest BCUT2D eigenvalue weighted by atomic mass is 10.3. The molecular formula is C15H14FNO2S. The summed E-state index contributed by atoms with van der Waals surface area (Å²) in [5.41, 5.74) is 0.398. The van der Waals surface area contributed by atoms with Crippen LogP contribution in [-0.2, 0) is 10.0 Å². The van der Waals surface area contributed by atoms with Gasteiger partial charge in [0.05, 0.1) is 17.1 Å². The van der Waals surface area contributed by atoms with E-state index in [1.54, 1.807) is 18.2 Å². The minimum atomic E-state index is -3.69. The highest BCUT2D eigenvalue weighted by atomic mass is 32.2. The molecule has 0 saturated carbocycles. The van der Waals surface area contributed by atoms with Crippen molar-refractivity contribution in [1.29, 1.82) is 0 Å². The first-order valence-electron chi connectivity index (χ1n) is 6.00. The van der Waals surface area contributed by atoms with Gasteiger partial charge >= 0.3 is 0 Å². The van der Waals surface area contributed by atoms with Gasteiger partial charge in [-0.25, -0.2) is 12.8 Å². The lowest BCUT2D eigenvalue weighted by molar-refractivity contribution is 0.592. The summed E-state index contributed by atoms with van der Waals surface area (Å²) >= 11 is 0. The van der Waals surface area contributed by atoms with Gasteiger partial charge in [-0.05, 0) is 36.4 Å². The molecule has 0 heterocycles. The largest absolute Gasteiger partial charge is 0.264 e. The molecule has 0 aromatic heterocycles. The van der Waals surface area contributed by atoms with E-state index in [0.717, 1.165) is 0 Å². The Balaban J connectivity index is 2.48. The van der Waals surface area contributed by atoms with E-state index >= 15 is 0 Å². The van der Waals surface area contributed by atoms with Crippen LogP contribution in [0.1, 0.15) is 0 Å². The Hall–Kier alpha value is -2.14. The van der Waals surface area contributed by atoms with E-state index in [1.807, 2.05) is 0 Å². The highest BCUT2D eigenvalue weighted by molar-refractivity contribution is 7.92. The van der Waals surface area contributed by atoms with Crippen LogP contribution in [0.3, 0.4) is 0 Å². The van der Waals surface area contributed by atoms with Crippen molar-refractivity contribution in [3.63, 3.8) is 0 Å². The van der Waals surface area contributed by atoms with Gasteiger partial charge in [-0.3, -0.25) is 4.31 Å². The van der Waals surface area contributed by atoms with E-state index in [2.05, 4.69) is 6.58 Å². The van der Waals surface area contributed by atoms with Crippen molar-refractivity contribution in [3.8, 4) is 0 Å². The van der Waals surface area contributed by atoms with E-state index in [9.17, 15) is 12.8 Å². The molecule has 0 N–H and O–H groups in total. The van der Waals surface area contributed by atoms with Gasteiger partial charge in [-0.15, -0.1) is 6.58 Å². The maximum absolute atomic E-state index is 13.0. The Labute approximate surface area is 118 Å². The van der Waals surface area contributed by atoms with Crippen molar-refractivity contribution in [3.05, 3.63) is 73.1 Å². The van der Waals surface area contributed by atoms with Crippen molar-refractivity contribution in [2.75, 3.05) is 10.8 Å². The minimum Gasteiger partial charge on any atom is -0.263 e. The summed E-state index contributed by atoms with van der Waals surface area (Å²) in [6, 6.07) is 13.4. The SMILES string of the molecule is C=CCN(c1ccc(F)cc1)S(=O)(=O)c1ccccc1. The summed E-state index contributed by atoms with van der Waals surface area (Å²) < 4.78 is 39.3. The van der Waals surface area contributed by atoms with Gasteiger partial charge < -0.3 is 0 Å². The standard InChI is InChI=1S/C15H14FNO2S/c1-2-12-17(14-10-8-13(16)9-11-14)20(18,19)15-6-4-3-5-7-15/h2-11H,1,12H2. The number of nitrogens with zero attached hydrogens (tertiary/aromatic N) is 1. The first-order valence-corrected chi connectivity index (χ1v) is 7.44. The van der Waals surface area contributed by atoms with Crippen LogP contribution in [0.2, 0.25) is 0 Å². The molecule has 0 atom stereocenters. The van der Waals surface area contributed by atoms with Crippen molar-refractivity contribution < 1.29 is 12.8 Å². The average molecular weight is 291 g/mol. The molecule has 0 spiro atoms. The molecule has 0 aliphatic heterocycles. The van der Waals surface area contributed by atoms with Crippen molar-refractivity contribution in [2.45, 2.75) is 4.90 Å². The molecule has 3 nitrogen and oxygen atoms in total. The molecule has 104 valence electrons. The zero-order chi connectivity index (χ0) is 14.6. The van der Waals surface area contributed by atoms with Gasteiger partial charge in [0.15, 0.2) is 0 Å². The zero-order valence-electron chi connectivity index (χ0n) is 10.7. The molecule has 0 saturated heterocycles. The third kappa shape index (κ3) is 2.88. The number of anilines is 1. The maximum atomic E-state index is 13.0. The number of hydrogen-bond acceptors (Lipinski definition) is 2. The van der Waals surface area contributed by atoms with Crippen LogP contribution in [0.25, 0.3) is 0 Å². The summed E-state index contributed by atoms with van der Waals surface area (Å²) in [7, 11) is -3.69. The topological polar surface area (TPSA) is 37.4 Å². The van der Waals surface area contributed by atoms with Gasteiger partial charge in [-0.1, -0.05) is 24.3 Å². The summed E-state index contributed by atoms with van der Waals surface area (Å²) in [6.07, 6.45) is 1.49. The molecule has 0 aliphatic rings. The van der Waals surface area contributed by atoms with E-state index < -0.39 is 15.8 Å². The predicted molar refractivity (Wildman–Crippen MR) is 77.6 cm³/mol. The molecule has 0 unspecified atom stereocenters. The molecule has 0 radical (unpaired) electrons. The summed E-state index contributed by atoms with van der Waals surface area (Å²) in [5.74, 6) is -0.413. The van der Waals surface area contributed by atoms with E-state index in [4.69, 9.17) is 0 Å². The van der Waals surface area contributed by atoms with Crippen LogP contribution < -0.4 is 4.31 Å². The number of rotatable bonds is 5. The lowest BCUT2D eigenvalue weighted by Gasteiger charge is -2.23.